The molecule has 4 heteroatoms. The van der Waals surface area contributed by atoms with Gasteiger partial charge in [0.2, 0.25) is 0 Å². The number of nitrogens with two attached hydrogens (primary N) is 1. The fraction of sp³-hybridized carbons (Fsp3) is 0.950. The molecule has 0 radical (unpaired) electrons. The van der Waals surface area contributed by atoms with Gasteiger partial charge in [-0.25, -0.2) is 0 Å². The largest absolute Gasteiger partial charge is 0.466 e. The van der Waals surface area contributed by atoms with Crippen LogP contribution in [0.25, 0.3) is 0 Å². The summed E-state index contributed by atoms with van der Waals surface area (Å²) in [6.45, 7) is 12.2. The number of rotatable bonds is 5. The maximum absolute atomic E-state index is 12.9. The summed E-state index contributed by atoms with van der Waals surface area (Å²) >= 11 is 0. The molecule has 24 heavy (non-hydrogen) atoms. The SMILES string of the molecule is CCOC(=O)[C@H](CN)[C@@]1(N2CCCCC2)C[C@@H]2CC[C@@]1(C)C2(C)C. The predicted molar refractivity (Wildman–Crippen MR) is 96.6 cm³/mol. The monoisotopic (exact) mass is 336 g/mol. The molecule has 3 rings (SSSR count). The first kappa shape index (κ1) is 18.2. The van der Waals surface area contributed by atoms with E-state index in [1.54, 1.807) is 0 Å². The van der Waals surface area contributed by atoms with Crippen molar-refractivity contribution in [3.63, 3.8) is 0 Å². The molecule has 2 aliphatic carbocycles. The van der Waals surface area contributed by atoms with Crippen LogP contribution in [0, 0.1) is 22.7 Å². The van der Waals surface area contributed by atoms with Crippen LogP contribution in [0.3, 0.4) is 0 Å². The average Bonchev–Trinajstić information content (AvgIpc) is 2.89. The minimum absolute atomic E-state index is 0.0739. The number of fused-ring (bicyclic) bond motifs is 2. The van der Waals surface area contributed by atoms with Crippen LogP contribution in [0.15, 0.2) is 0 Å². The second-order valence-corrected chi connectivity index (χ2v) is 9.01. The topological polar surface area (TPSA) is 55.6 Å². The molecule has 0 amide bonds. The van der Waals surface area contributed by atoms with Crippen molar-refractivity contribution in [3.05, 3.63) is 0 Å². The van der Waals surface area contributed by atoms with E-state index in [0.717, 1.165) is 19.5 Å². The molecule has 2 saturated carbocycles. The summed E-state index contributed by atoms with van der Waals surface area (Å²) in [6, 6.07) is 0. The fourth-order valence-corrected chi connectivity index (χ4v) is 6.58. The number of carbonyl (C=O) groups is 1. The van der Waals surface area contributed by atoms with E-state index in [2.05, 4.69) is 25.7 Å². The van der Waals surface area contributed by atoms with Crippen molar-refractivity contribution in [3.8, 4) is 0 Å². The molecule has 0 aromatic heterocycles. The van der Waals surface area contributed by atoms with Crippen LogP contribution >= 0.6 is 0 Å². The summed E-state index contributed by atoms with van der Waals surface area (Å²) in [4.78, 5) is 15.6. The van der Waals surface area contributed by atoms with Crippen molar-refractivity contribution in [2.24, 2.45) is 28.4 Å². The maximum atomic E-state index is 12.9. The Balaban J connectivity index is 2.07. The highest BCUT2D eigenvalue weighted by Gasteiger charge is 2.73. The third kappa shape index (κ3) is 2.21. The van der Waals surface area contributed by atoms with E-state index in [9.17, 15) is 4.79 Å². The summed E-state index contributed by atoms with van der Waals surface area (Å²) in [5.74, 6) is 0.410. The molecule has 3 aliphatic rings. The number of hydrogen-bond acceptors (Lipinski definition) is 4. The zero-order valence-corrected chi connectivity index (χ0v) is 16.1. The standard InChI is InChI=1S/C20H36N2O2/c1-5-24-17(23)16(14-21)20(22-11-7-6-8-12-22)13-15-9-10-19(20,4)18(15,2)3/h15-16H,5-14,21H2,1-4H3/t15-,16-,19-,20-/m0/s1. The van der Waals surface area contributed by atoms with Crippen LogP contribution in [0.1, 0.15) is 66.2 Å². The number of esters is 1. The van der Waals surface area contributed by atoms with Gasteiger partial charge in [-0.05, 0) is 68.9 Å². The molecule has 0 aromatic carbocycles. The third-order valence-corrected chi connectivity index (χ3v) is 8.25. The van der Waals surface area contributed by atoms with E-state index in [1.807, 2.05) is 6.92 Å². The Labute approximate surface area is 147 Å². The number of hydrogen-bond donors (Lipinski definition) is 1. The highest BCUT2D eigenvalue weighted by atomic mass is 16.5. The van der Waals surface area contributed by atoms with Gasteiger partial charge in [0.05, 0.1) is 12.5 Å². The van der Waals surface area contributed by atoms with E-state index >= 15 is 0 Å². The van der Waals surface area contributed by atoms with Gasteiger partial charge in [-0.3, -0.25) is 9.69 Å². The van der Waals surface area contributed by atoms with Crippen LogP contribution in [0.5, 0.6) is 0 Å². The van der Waals surface area contributed by atoms with Crippen molar-refractivity contribution in [2.75, 3.05) is 26.2 Å². The van der Waals surface area contributed by atoms with Crippen LogP contribution in [0.2, 0.25) is 0 Å². The second kappa shape index (κ2) is 6.28. The Hall–Kier alpha value is -0.610. The molecule has 0 spiro atoms. The molecule has 4 nitrogen and oxygen atoms in total. The van der Waals surface area contributed by atoms with Crippen molar-refractivity contribution in [1.82, 2.24) is 4.90 Å². The second-order valence-electron chi connectivity index (χ2n) is 9.01. The van der Waals surface area contributed by atoms with Gasteiger partial charge in [0.15, 0.2) is 0 Å². The molecule has 1 saturated heterocycles. The van der Waals surface area contributed by atoms with Gasteiger partial charge in [0, 0.05) is 12.1 Å². The van der Waals surface area contributed by atoms with Gasteiger partial charge >= 0.3 is 5.97 Å². The maximum Gasteiger partial charge on any atom is 0.312 e. The number of likely N-dealkylation sites (tertiary alicyclic amines) is 1. The minimum atomic E-state index is -0.204. The van der Waals surface area contributed by atoms with Gasteiger partial charge in [-0.15, -0.1) is 0 Å². The zero-order valence-electron chi connectivity index (χ0n) is 16.1. The molecular weight excluding hydrogens is 300 g/mol. The molecule has 138 valence electrons. The molecule has 2 N–H and O–H groups in total. The molecule has 1 aliphatic heterocycles. The van der Waals surface area contributed by atoms with Crippen molar-refractivity contribution < 1.29 is 9.53 Å². The van der Waals surface area contributed by atoms with Gasteiger partial charge in [0.25, 0.3) is 0 Å². The van der Waals surface area contributed by atoms with Crippen LogP contribution in [0.4, 0.5) is 0 Å². The van der Waals surface area contributed by atoms with E-state index < -0.39 is 0 Å². The first-order valence-corrected chi connectivity index (χ1v) is 9.97. The number of carbonyl (C=O) groups excluding carboxylic acids is 1. The van der Waals surface area contributed by atoms with Crippen molar-refractivity contribution >= 4 is 5.97 Å². The number of nitrogens with zero attached hydrogens (tertiary/aromatic N) is 1. The Bertz CT molecular complexity index is 486. The van der Waals surface area contributed by atoms with E-state index in [1.165, 1.54) is 32.1 Å². The molecule has 1 heterocycles. The van der Waals surface area contributed by atoms with Gasteiger partial charge < -0.3 is 10.5 Å². The first-order valence-electron chi connectivity index (χ1n) is 9.97. The molecule has 0 unspecified atom stereocenters. The zero-order chi connectivity index (χ0) is 17.6. The van der Waals surface area contributed by atoms with E-state index in [0.29, 0.717) is 19.1 Å². The lowest BCUT2D eigenvalue weighted by Gasteiger charge is -2.58. The fourth-order valence-electron chi connectivity index (χ4n) is 6.58. The highest BCUT2D eigenvalue weighted by molar-refractivity contribution is 5.75. The lowest BCUT2D eigenvalue weighted by Crippen LogP contribution is -2.67. The third-order valence-electron chi connectivity index (χ3n) is 8.25. The molecule has 3 fully saturated rings. The Morgan fingerprint density at radius 3 is 2.38 bits per heavy atom. The highest BCUT2D eigenvalue weighted by Crippen LogP contribution is 2.73. The van der Waals surface area contributed by atoms with Crippen LogP contribution in [-0.4, -0.2) is 42.6 Å². The van der Waals surface area contributed by atoms with E-state index in [-0.39, 0.29) is 28.3 Å². The lowest BCUT2D eigenvalue weighted by molar-refractivity contribution is -0.164. The van der Waals surface area contributed by atoms with E-state index in [4.69, 9.17) is 10.5 Å². The quantitative estimate of drug-likeness (QED) is 0.783. The Kier molecular flexibility index (Phi) is 4.76. The van der Waals surface area contributed by atoms with Crippen LogP contribution < -0.4 is 5.73 Å². The Morgan fingerprint density at radius 2 is 1.92 bits per heavy atom. The van der Waals surface area contributed by atoms with Gasteiger partial charge in [-0.1, -0.05) is 27.2 Å². The normalized spacial score (nSPS) is 39.8. The molecular formula is C20H36N2O2. The summed E-state index contributed by atoms with van der Waals surface area (Å²) in [6.07, 6.45) is 7.39. The molecule has 0 aromatic rings. The summed E-state index contributed by atoms with van der Waals surface area (Å²) in [7, 11) is 0. The average molecular weight is 337 g/mol. The van der Waals surface area contributed by atoms with Crippen molar-refractivity contribution in [1.29, 1.82) is 0 Å². The van der Waals surface area contributed by atoms with Crippen molar-refractivity contribution in [2.45, 2.75) is 71.8 Å². The predicted octanol–water partition coefficient (Wildman–Crippen LogP) is 3.20. The van der Waals surface area contributed by atoms with Crippen LogP contribution in [-0.2, 0) is 9.53 Å². The molecule has 2 bridgehead atoms. The van der Waals surface area contributed by atoms with Gasteiger partial charge in [0.1, 0.15) is 0 Å². The first-order chi connectivity index (χ1) is 11.3. The molecule has 4 atom stereocenters. The smallest absolute Gasteiger partial charge is 0.312 e. The number of piperidine rings is 1. The lowest BCUT2D eigenvalue weighted by atomic mass is 9.57. The minimum Gasteiger partial charge on any atom is -0.466 e. The summed E-state index contributed by atoms with van der Waals surface area (Å²) in [5, 5.41) is 0. The summed E-state index contributed by atoms with van der Waals surface area (Å²) < 4.78 is 5.50. The summed E-state index contributed by atoms with van der Waals surface area (Å²) in [5.41, 5.74) is 6.48. The van der Waals surface area contributed by atoms with Gasteiger partial charge in [-0.2, -0.15) is 0 Å². The Morgan fingerprint density at radius 1 is 1.25 bits per heavy atom. The number of ether oxygens (including phenoxy) is 1.